The maximum absolute atomic E-state index is 11.9. The number of carboxylic acids is 1. The molecule has 25 heavy (non-hydrogen) atoms. The van der Waals surface area contributed by atoms with E-state index in [0.29, 0.717) is 19.5 Å². The van der Waals surface area contributed by atoms with Crippen LogP contribution in [0.5, 0.6) is 0 Å². The Kier molecular flexibility index (Phi) is 7.00. The third kappa shape index (κ3) is 6.29. The van der Waals surface area contributed by atoms with E-state index in [9.17, 15) is 9.59 Å². The van der Waals surface area contributed by atoms with Gasteiger partial charge < -0.3 is 15.3 Å². The Bertz CT molecular complexity index is 685. The molecule has 0 unspecified atom stereocenters. The predicted octanol–water partition coefficient (Wildman–Crippen LogP) is 2.52. The number of H-pyrrole nitrogens is 1. The normalized spacial score (nSPS) is 10.4. The molecule has 3 N–H and O–H groups in total. The Balaban J connectivity index is 1.69. The summed E-state index contributed by atoms with van der Waals surface area (Å²) in [6.07, 6.45) is 2.12. The highest BCUT2D eigenvalue weighted by Gasteiger charge is 2.09. The molecule has 0 fully saturated rings. The fourth-order valence-electron chi connectivity index (χ4n) is 2.42. The van der Waals surface area contributed by atoms with Crippen molar-refractivity contribution >= 4 is 12.0 Å². The van der Waals surface area contributed by atoms with Crippen molar-refractivity contribution < 1.29 is 14.7 Å². The highest BCUT2D eigenvalue weighted by molar-refractivity contribution is 5.73. The Morgan fingerprint density at radius 2 is 2.00 bits per heavy atom. The van der Waals surface area contributed by atoms with Crippen molar-refractivity contribution in [1.29, 1.82) is 0 Å². The van der Waals surface area contributed by atoms with Gasteiger partial charge in [-0.1, -0.05) is 30.3 Å². The monoisotopic (exact) mass is 344 g/mol. The smallest absolute Gasteiger partial charge is 0.317 e. The van der Waals surface area contributed by atoms with E-state index in [1.54, 1.807) is 11.9 Å². The maximum Gasteiger partial charge on any atom is 0.317 e. The Morgan fingerprint density at radius 1 is 1.24 bits per heavy atom. The number of aliphatic carboxylic acids is 1. The van der Waals surface area contributed by atoms with E-state index in [1.807, 2.05) is 36.4 Å². The number of carbonyl (C=O) groups is 2. The fraction of sp³-hybridized carbons (Fsp3) is 0.389. The minimum Gasteiger partial charge on any atom is -0.481 e. The molecule has 0 saturated carbocycles. The summed E-state index contributed by atoms with van der Waals surface area (Å²) in [6, 6.07) is 11.8. The zero-order valence-corrected chi connectivity index (χ0v) is 14.4. The van der Waals surface area contributed by atoms with Gasteiger partial charge in [0.15, 0.2) is 0 Å². The number of aromatic amines is 1. The lowest BCUT2D eigenvalue weighted by atomic mass is 10.1. The summed E-state index contributed by atoms with van der Waals surface area (Å²) in [5.74, 6) is -0.850. The highest BCUT2D eigenvalue weighted by atomic mass is 16.4. The molecule has 0 aliphatic heterocycles. The minimum atomic E-state index is -0.850. The summed E-state index contributed by atoms with van der Waals surface area (Å²) in [5, 5.41) is 18.6. The van der Waals surface area contributed by atoms with Crippen LogP contribution in [0, 0.1) is 0 Å². The van der Waals surface area contributed by atoms with Crippen molar-refractivity contribution in [3.05, 3.63) is 42.1 Å². The minimum absolute atomic E-state index is 0.0631. The van der Waals surface area contributed by atoms with E-state index in [1.165, 1.54) is 0 Å². The van der Waals surface area contributed by atoms with E-state index in [0.717, 1.165) is 29.8 Å². The van der Waals surface area contributed by atoms with Crippen LogP contribution in [0.25, 0.3) is 11.3 Å². The standard InChI is InChI=1S/C18H24N4O3/c1-22(18(25)19-11-5-10-17(23)24)12-6-9-15-13-16(21-20-15)14-7-3-2-4-8-14/h2-4,7-8,13H,5-6,9-12H2,1H3,(H,19,25)(H,20,21)(H,23,24). The number of benzene rings is 1. The first-order valence-electron chi connectivity index (χ1n) is 8.36. The number of nitrogens with zero attached hydrogens (tertiary/aromatic N) is 2. The lowest BCUT2D eigenvalue weighted by Gasteiger charge is -2.17. The van der Waals surface area contributed by atoms with Gasteiger partial charge in [0.05, 0.1) is 5.69 Å². The van der Waals surface area contributed by atoms with Gasteiger partial charge in [0, 0.05) is 37.8 Å². The molecule has 1 aromatic carbocycles. The molecular weight excluding hydrogens is 320 g/mol. The van der Waals surface area contributed by atoms with Crippen molar-refractivity contribution in [1.82, 2.24) is 20.4 Å². The first-order valence-corrected chi connectivity index (χ1v) is 8.36. The zero-order valence-electron chi connectivity index (χ0n) is 14.4. The number of amides is 2. The molecule has 0 saturated heterocycles. The van der Waals surface area contributed by atoms with E-state index < -0.39 is 5.97 Å². The van der Waals surface area contributed by atoms with Crippen molar-refractivity contribution in [2.75, 3.05) is 20.1 Å². The molecule has 0 aliphatic rings. The molecule has 2 aromatic rings. The van der Waals surface area contributed by atoms with Crippen LogP contribution in [0.3, 0.4) is 0 Å². The maximum atomic E-state index is 11.9. The molecule has 1 aromatic heterocycles. The molecule has 0 radical (unpaired) electrons. The van der Waals surface area contributed by atoms with Crippen LogP contribution in [0.1, 0.15) is 25.0 Å². The molecule has 0 aliphatic carbocycles. The van der Waals surface area contributed by atoms with Crippen LogP contribution in [-0.4, -0.2) is 52.3 Å². The van der Waals surface area contributed by atoms with Crippen LogP contribution in [0.15, 0.2) is 36.4 Å². The predicted molar refractivity (Wildman–Crippen MR) is 95.2 cm³/mol. The number of hydrogen-bond acceptors (Lipinski definition) is 3. The zero-order chi connectivity index (χ0) is 18.1. The van der Waals surface area contributed by atoms with Gasteiger partial charge in [-0.05, 0) is 25.3 Å². The van der Waals surface area contributed by atoms with E-state index in [2.05, 4.69) is 15.5 Å². The summed E-state index contributed by atoms with van der Waals surface area (Å²) in [6.45, 7) is 0.987. The lowest BCUT2D eigenvalue weighted by molar-refractivity contribution is -0.137. The summed E-state index contributed by atoms with van der Waals surface area (Å²) in [5.41, 5.74) is 3.03. The largest absolute Gasteiger partial charge is 0.481 e. The SMILES string of the molecule is CN(CCCc1cc(-c2ccccc2)n[nH]1)C(=O)NCCCC(=O)O. The number of hydrogen-bond donors (Lipinski definition) is 3. The van der Waals surface area contributed by atoms with Crippen molar-refractivity contribution in [2.45, 2.75) is 25.7 Å². The van der Waals surface area contributed by atoms with Crippen LogP contribution in [0.4, 0.5) is 4.79 Å². The van der Waals surface area contributed by atoms with Crippen molar-refractivity contribution in [3.8, 4) is 11.3 Å². The summed E-state index contributed by atoms with van der Waals surface area (Å²) < 4.78 is 0. The average molecular weight is 344 g/mol. The van der Waals surface area contributed by atoms with Gasteiger partial charge in [-0.25, -0.2) is 4.79 Å². The molecule has 7 heteroatoms. The first kappa shape index (κ1) is 18.5. The van der Waals surface area contributed by atoms with Gasteiger partial charge >= 0.3 is 12.0 Å². The van der Waals surface area contributed by atoms with E-state index >= 15 is 0 Å². The summed E-state index contributed by atoms with van der Waals surface area (Å²) >= 11 is 0. The van der Waals surface area contributed by atoms with Gasteiger partial charge in [-0.2, -0.15) is 5.10 Å². The second kappa shape index (κ2) is 9.46. The lowest BCUT2D eigenvalue weighted by Crippen LogP contribution is -2.38. The Hall–Kier alpha value is -2.83. The number of urea groups is 1. The van der Waals surface area contributed by atoms with Gasteiger partial charge in [0.25, 0.3) is 0 Å². The number of rotatable bonds is 9. The molecular formula is C18H24N4O3. The van der Waals surface area contributed by atoms with Crippen LogP contribution >= 0.6 is 0 Å². The van der Waals surface area contributed by atoms with Crippen LogP contribution in [-0.2, 0) is 11.2 Å². The van der Waals surface area contributed by atoms with E-state index in [4.69, 9.17) is 5.11 Å². The number of carbonyl (C=O) groups excluding carboxylic acids is 1. The topological polar surface area (TPSA) is 98.3 Å². The molecule has 2 rings (SSSR count). The Labute approximate surface area is 147 Å². The molecule has 1 heterocycles. The fourth-order valence-corrected chi connectivity index (χ4v) is 2.42. The van der Waals surface area contributed by atoms with Crippen LogP contribution in [0.2, 0.25) is 0 Å². The summed E-state index contributed by atoms with van der Waals surface area (Å²) in [4.78, 5) is 23.9. The van der Waals surface area contributed by atoms with Gasteiger partial charge in [-0.3, -0.25) is 9.89 Å². The average Bonchev–Trinajstić information content (AvgIpc) is 3.08. The Morgan fingerprint density at radius 3 is 2.72 bits per heavy atom. The first-order chi connectivity index (χ1) is 12.1. The van der Waals surface area contributed by atoms with Gasteiger partial charge in [0.1, 0.15) is 0 Å². The molecule has 2 amide bonds. The van der Waals surface area contributed by atoms with Crippen LogP contribution < -0.4 is 5.32 Å². The number of nitrogens with one attached hydrogen (secondary N) is 2. The summed E-state index contributed by atoms with van der Waals surface area (Å²) in [7, 11) is 1.73. The molecule has 7 nitrogen and oxygen atoms in total. The van der Waals surface area contributed by atoms with Gasteiger partial charge in [0.2, 0.25) is 0 Å². The number of aryl methyl sites for hydroxylation is 1. The third-order valence-electron chi connectivity index (χ3n) is 3.83. The van der Waals surface area contributed by atoms with Crippen molar-refractivity contribution in [2.24, 2.45) is 0 Å². The highest BCUT2D eigenvalue weighted by Crippen LogP contribution is 2.17. The molecule has 0 spiro atoms. The van der Waals surface area contributed by atoms with Gasteiger partial charge in [-0.15, -0.1) is 0 Å². The molecule has 0 bridgehead atoms. The molecule has 0 atom stereocenters. The number of carboxylic acid groups (broad SMARTS) is 1. The third-order valence-corrected chi connectivity index (χ3v) is 3.83. The molecule has 134 valence electrons. The second-order valence-electron chi connectivity index (χ2n) is 5.90. The number of aromatic nitrogens is 2. The second-order valence-corrected chi connectivity index (χ2v) is 5.90. The van der Waals surface area contributed by atoms with Crippen molar-refractivity contribution in [3.63, 3.8) is 0 Å². The quantitative estimate of drug-likeness (QED) is 0.609. The van der Waals surface area contributed by atoms with E-state index in [-0.39, 0.29) is 12.5 Å².